The van der Waals surface area contributed by atoms with Crippen LogP contribution in [0.15, 0.2) is 20.4 Å². The fraction of sp³-hybridized carbons (Fsp3) is 0.417. The van der Waals surface area contributed by atoms with Crippen molar-refractivity contribution < 1.29 is 9.32 Å². The minimum Gasteiger partial charge on any atom is -0.338 e. The van der Waals surface area contributed by atoms with E-state index in [0.29, 0.717) is 11.7 Å². The molecule has 0 saturated heterocycles. The maximum atomic E-state index is 11.9. The molecule has 0 aliphatic carbocycles. The largest absolute Gasteiger partial charge is 0.338 e. The Morgan fingerprint density at radius 3 is 2.72 bits per heavy atom. The summed E-state index contributed by atoms with van der Waals surface area (Å²) >= 11 is 4.91. The molecule has 18 heavy (non-hydrogen) atoms. The zero-order chi connectivity index (χ0) is 13.3. The van der Waals surface area contributed by atoms with Gasteiger partial charge in [-0.15, -0.1) is 11.3 Å². The van der Waals surface area contributed by atoms with Crippen molar-refractivity contribution in [1.29, 1.82) is 0 Å². The van der Waals surface area contributed by atoms with E-state index < -0.39 is 0 Å². The number of aromatic nitrogens is 2. The molecule has 2 aromatic rings. The number of hydrogen-bond donors (Lipinski definition) is 0. The van der Waals surface area contributed by atoms with Crippen LogP contribution in [0.2, 0.25) is 0 Å². The number of ketones is 1. The van der Waals surface area contributed by atoms with Gasteiger partial charge in [0, 0.05) is 5.41 Å². The van der Waals surface area contributed by atoms with Crippen molar-refractivity contribution in [2.75, 3.05) is 0 Å². The zero-order valence-corrected chi connectivity index (χ0v) is 12.8. The molecular weight excluding hydrogens is 316 g/mol. The van der Waals surface area contributed by atoms with Gasteiger partial charge in [0.05, 0.1) is 15.1 Å². The fourth-order valence-corrected chi connectivity index (χ4v) is 2.58. The first-order valence-electron chi connectivity index (χ1n) is 5.48. The van der Waals surface area contributed by atoms with Gasteiger partial charge in [0.15, 0.2) is 0 Å². The molecular formula is C12H13BrN2O2S. The van der Waals surface area contributed by atoms with Crippen LogP contribution in [-0.4, -0.2) is 15.9 Å². The second-order valence-corrected chi connectivity index (χ2v) is 7.43. The second-order valence-electron chi connectivity index (χ2n) is 4.97. The molecule has 2 heterocycles. The van der Waals surface area contributed by atoms with Crippen molar-refractivity contribution >= 4 is 33.0 Å². The van der Waals surface area contributed by atoms with Gasteiger partial charge < -0.3 is 4.52 Å². The van der Waals surface area contributed by atoms with Crippen LogP contribution in [0.25, 0.3) is 10.7 Å². The molecule has 0 N–H and O–H groups in total. The molecule has 2 rings (SSSR count). The average Bonchev–Trinajstić information content (AvgIpc) is 2.85. The second kappa shape index (κ2) is 4.93. The molecule has 4 nitrogen and oxygen atoms in total. The fourth-order valence-electron chi connectivity index (χ4n) is 1.26. The third-order valence-electron chi connectivity index (χ3n) is 2.41. The van der Waals surface area contributed by atoms with Gasteiger partial charge in [0.2, 0.25) is 11.7 Å². The van der Waals surface area contributed by atoms with E-state index in [9.17, 15) is 4.79 Å². The summed E-state index contributed by atoms with van der Waals surface area (Å²) in [6, 6.07) is 3.84. The molecule has 0 saturated carbocycles. The van der Waals surface area contributed by atoms with Gasteiger partial charge in [-0.1, -0.05) is 25.9 Å². The Labute approximate surface area is 118 Å². The highest BCUT2D eigenvalue weighted by molar-refractivity contribution is 9.11. The summed E-state index contributed by atoms with van der Waals surface area (Å²) in [6.07, 6.45) is 0.184. The monoisotopic (exact) mass is 328 g/mol. The highest BCUT2D eigenvalue weighted by Crippen LogP contribution is 2.29. The molecule has 96 valence electrons. The Morgan fingerprint density at radius 2 is 2.17 bits per heavy atom. The summed E-state index contributed by atoms with van der Waals surface area (Å²) in [4.78, 5) is 17.0. The third-order valence-corrected chi connectivity index (χ3v) is 4.03. The number of carbonyl (C=O) groups is 1. The predicted octanol–water partition coefficient (Wildman–Crippen LogP) is 3.72. The molecule has 2 aromatic heterocycles. The first-order chi connectivity index (χ1) is 8.36. The van der Waals surface area contributed by atoms with Gasteiger partial charge in [-0.2, -0.15) is 4.98 Å². The summed E-state index contributed by atoms with van der Waals surface area (Å²) in [5, 5.41) is 3.89. The van der Waals surface area contributed by atoms with E-state index in [2.05, 4.69) is 26.1 Å². The Hall–Kier alpha value is -1.01. The minimum atomic E-state index is -0.388. The van der Waals surface area contributed by atoms with E-state index in [1.165, 1.54) is 11.3 Å². The van der Waals surface area contributed by atoms with Crippen molar-refractivity contribution in [3.05, 3.63) is 21.8 Å². The van der Waals surface area contributed by atoms with Crippen molar-refractivity contribution in [3.63, 3.8) is 0 Å². The predicted molar refractivity (Wildman–Crippen MR) is 73.5 cm³/mol. The number of nitrogens with zero attached hydrogens (tertiary/aromatic N) is 2. The SMILES string of the molecule is CC(C)(C)C(=O)Cc1nc(-c2ccc(Br)s2)no1. The van der Waals surface area contributed by atoms with Gasteiger partial charge in [-0.05, 0) is 28.1 Å². The van der Waals surface area contributed by atoms with Gasteiger partial charge in [-0.25, -0.2) is 0 Å². The minimum absolute atomic E-state index is 0.0880. The molecule has 0 unspecified atom stereocenters. The topological polar surface area (TPSA) is 56.0 Å². The zero-order valence-electron chi connectivity index (χ0n) is 10.4. The molecule has 0 aromatic carbocycles. The number of Topliss-reactive ketones (excluding diaryl/α,β-unsaturated/α-hetero) is 1. The molecule has 0 spiro atoms. The first-order valence-corrected chi connectivity index (χ1v) is 7.09. The molecule has 0 fully saturated rings. The average molecular weight is 329 g/mol. The van der Waals surface area contributed by atoms with Crippen LogP contribution in [0.1, 0.15) is 26.7 Å². The first kappa shape index (κ1) is 13.4. The van der Waals surface area contributed by atoms with E-state index in [-0.39, 0.29) is 17.6 Å². The lowest BCUT2D eigenvalue weighted by atomic mass is 9.89. The van der Waals surface area contributed by atoms with Crippen molar-refractivity contribution in [1.82, 2.24) is 10.1 Å². The lowest BCUT2D eigenvalue weighted by Crippen LogP contribution is -2.22. The molecule has 0 aliphatic heterocycles. The smallest absolute Gasteiger partial charge is 0.234 e. The Balaban J connectivity index is 2.14. The van der Waals surface area contributed by atoms with E-state index in [1.807, 2.05) is 32.9 Å². The molecule has 0 atom stereocenters. The van der Waals surface area contributed by atoms with Gasteiger partial charge in [0.25, 0.3) is 0 Å². The van der Waals surface area contributed by atoms with Crippen LogP contribution in [0, 0.1) is 5.41 Å². The van der Waals surface area contributed by atoms with Crippen LogP contribution in [-0.2, 0) is 11.2 Å². The number of carbonyl (C=O) groups excluding carboxylic acids is 1. The summed E-state index contributed by atoms with van der Waals surface area (Å²) in [5.41, 5.74) is -0.388. The lowest BCUT2D eigenvalue weighted by molar-refractivity contribution is -0.125. The van der Waals surface area contributed by atoms with E-state index in [0.717, 1.165) is 8.66 Å². The quantitative estimate of drug-likeness (QED) is 0.861. The third kappa shape index (κ3) is 3.05. The maximum absolute atomic E-state index is 11.9. The van der Waals surface area contributed by atoms with Crippen LogP contribution in [0.5, 0.6) is 0 Å². The summed E-state index contributed by atoms with van der Waals surface area (Å²) in [7, 11) is 0. The normalized spacial score (nSPS) is 11.8. The van der Waals surface area contributed by atoms with Crippen LogP contribution in [0.3, 0.4) is 0 Å². The number of hydrogen-bond acceptors (Lipinski definition) is 5. The van der Waals surface area contributed by atoms with E-state index >= 15 is 0 Å². The van der Waals surface area contributed by atoms with Crippen LogP contribution in [0.4, 0.5) is 0 Å². The molecule has 0 aliphatic rings. The summed E-state index contributed by atoms with van der Waals surface area (Å²) in [6.45, 7) is 5.63. The molecule has 0 amide bonds. The summed E-state index contributed by atoms with van der Waals surface area (Å²) < 4.78 is 6.11. The maximum Gasteiger partial charge on any atom is 0.234 e. The van der Waals surface area contributed by atoms with Crippen molar-refractivity contribution in [2.45, 2.75) is 27.2 Å². The molecule has 0 bridgehead atoms. The van der Waals surface area contributed by atoms with Crippen LogP contribution < -0.4 is 0 Å². The van der Waals surface area contributed by atoms with Crippen molar-refractivity contribution in [3.8, 4) is 10.7 Å². The number of rotatable bonds is 3. The standard InChI is InChI=1S/C12H13BrN2O2S/c1-12(2,3)8(16)6-10-14-11(15-17-10)7-4-5-9(13)18-7/h4-5H,6H2,1-3H3. The molecule has 0 radical (unpaired) electrons. The summed E-state index contributed by atoms with van der Waals surface area (Å²) in [5.74, 6) is 0.988. The van der Waals surface area contributed by atoms with E-state index in [1.54, 1.807) is 0 Å². The lowest BCUT2D eigenvalue weighted by Gasteiger charge is -2.14. The van der Waals surface area contributed by atoms with Gasteiger partial charge >= 0.3 is 0 Å². The molecule has 6 heteroatoms. The van der Waals surface area contributed by atoms with Crippen LogP contribution >= 0.6 is 27.3 Å². The van der Waals surface area contributed by atoms with Gasteiger partial charge in [0.1, 0.15) is 5.78 Å². The Kier molecular flexibility index (Phi) is 3.68. The number of halogens is 1. The highest BCUT2D eigenvalue weighted by atomic mass is 79.9. The number of thiophene rings is 1. The van der Waals surface area contributed by atoms with Gasteiger partial charge in [-0.3, -0.25) is 4.79 Å². The van der Waals surface area contributed by atoms with E-state index in [4.69, 9.17) is 4.52 Å². The Bertz CT molecular complexity index is 569. The Morgan fingerprint density at radius 1 is 1.44 bits per heavy atom. The van der Waals surface area contributed by atoms with Crippen molar-refractivity contribution in [2.24, 2.45) is 5.41 Å². The highest BCUT2D eigenvalue weighted by Gasteiger charge is 2.24.